The number of carbonyl (C=O) groups excluding carboxylic acids is 4. The van der Waals surface area contributed by atoms with Gasteiger partial charge in [0.1, 0.15) is 23.4 Å². The van der Waals surface area contributed by atoms with Crippen molar-refractivity contribution in [3.8, 4) is 5.75 Å². The molecule has 0 aromatic heterocycles. The Hall–Kier alpha value is -3.30. The number of amides is 4. The SMILES string of the molecule is CC(C)N(C(=O)C(CCC(N)=O)NC(=O)OC(C)(C)C)C(C(=O)NC1CCCCC1)c1cccc(O)c1. The lowest BCUT2D eigenvalue weighted by molar-refractivity contribution is -0.145. The van der Waals surface area contributed by atoms with E-state index in [1.54, 1.807) is 46.8 Å². The summed E-state index contributed by atoms with van der Waals surface area (Å²) in [5.41, 5.74) is 4.96. The molecule has 206 valence electrons. The standard InChI is InChI=1S/C27H42N4O6/c1-17(2)31(25(35)21(14-15-22(28)33)30-26(36)37-27(3,4)5)23(18-10-9-13-20(32)16-18)24(34)29-19-11-7-6-8-12-19/h9-10,13,16-17,19,21,23,32H,6-8,11-12,14-15H2,1-5H3,(H2,28,33)(H,29,34)(H,30,36). The molecule has 2 unspecified atom stereocenters. The Balaban J connectivity index is 2.44. The zero-order valence-corrected chi connectivity index (χ0v) is 22.6. The highest BCUT2D eigenvalue weighted by Crippen LogP contribution is 2.29. The van der Waals surface area contributed by atoms with Crippen molar-refractivity contribution in [2.45, 2.75) is 109 Å². The Bertz CT molecular complexity index is 952. The zero-order chi connectivity index (χ0) is 27.8. The van der Waals surface area contributed by atoms with Crippen molar-refractivity contribution in [3.05, 3.63) is 29.8 Å². The van der Waals surface area contributed by atoms with Crippen molar-refractivity contribution < 1.29 is 29.0 Å². The van der Waals surface area contributed by atoms with Gasteiger partial charge < -0.3 is 31.1 Å². The molecule has 1 saturated carbocycles. The summed E-state index contributed by atoms with van der Waals surface area (Å²) in [7, 11) is 0. The molecular formula is C27H42N4O6. The number of phenolic OH excluding ortho intramolecular Hbond substituents is 1. The minimum absolute atomic E-state index is 0.00396. The van der Waals surface area contributed by atoms with Gasteiger partial charge in [0.05, 0.1) is 0 Å². The summed E-state index contributed by atoms with van der Waals surface area (Å²) < 4.78 is 5.32. The van der Waals surface area contributed by atoms with Gasteiger partial charge >= 0.3 is 6.09 Å². The molecule has 0 aliphatic heterocycles. The molecule has 0 saturated heterocycles. The number of nitrogens with zero attached hydrogens (tertiary/aromatic N) is 1. The van der Waals surface area contributed by atoms with E-state index in [4.69, 9.17) is 10.5 Å². The predicted octanol–water partition coefficient (Wildman–Crippen LogP) is 3.28. The van der Waals surface area contributed by atoms with Crippen LogP contribution in [0, 0.1) is 0 Å². The molecule has 10 heteroatoms. The third kappa shape index (κ3) is 9.59. The van der Waals surface area contributed by atoms with E-state index in [0.717, 1.165) is 32.1 Å². The van der Waals surface area contributed by atoms with E-state index in [9.17, 15) is 24.3 Å². The molecule has 2 rings (SSSR count). The minimum Gasteiger partial charge on any atom is -0.508 e. The number of aromatic hydroxyl groups is 1. The molecule has 0 heterocycles. The van der Waals surface area contributed by atoms with Gasteiger partial charge in [-0.15, -0.1) is 0 Å². The van der Waals surface area contributed by atoms with Gasteiger partial charge in [-0.25, -0.2) is 4.79 Å². The lowest BCUT2D eigenvalue weighted by atomic mass is 9.94. The van der Waals surface area contributed by atoms with E-state index in [-0.39, 0.29) is 30.5 Å². The van der Waals surface area contributed by atoms with Crippen LogP contribution in [-0.2, 0) is 19.1 Å². The number of hydrogen-bond donors (Lipinski definition) is 4. The fraction of sp³-hybridized carbons (Fsp3) is 0.630. The number of rotatable bonds is 10. The fourth-order valence-corrected chi connectivity index (χ4v) is 4.51. The molecule has 1 aliphatic carbocycles. The van der Waals surface area contributed by atoms with Crippen molar-refractivity contribution in [1.29, 1.82) is 0 Å². The van der Waals surface area contributed by atoms with E-state index in [1.165, 1.54) is 17.0 Å². The van der Waals surface area contributed by atoms with Gasteiger partial charge in [-0.1, -0.05) is 31.4 Å². The van der Waals surface area contributed by atoms with Crippen LogP contribution in [0.25, 0.3) is 0 Å². The normalized spacial score (nSPS) is 15.9. The third-order valence-corrected chi connectivity index (χ3v) is 6.14. The number of nitrogens with two attached hydrogens (primary N) is 1. The highest BCUT2D eigenvalue weighted by atomic mass is 16.6. The van der Waals surface area contributed by atoms with Crippen LogP contribution in [0.3, 0.4) is 0 Å². The number of primary amides is 1. The van der Waals surface area contributed by atoms with E-state index in [2.05, 4.69) is 10.6 Å². The quantitative estimate of drug-likeness (QED) is 0.373. The van der Waals surface area contributed by atoms with Gasteiger partial charge in [0.15, 0.2) is 0 Å². The maximum atomic E-state index is 14.0. The summed E-state index contributed by atoms with van der Waals surface area (Å²) in [5, 5.41) is 15.8. The minimum atomic E-state index is -1.16. The molecule has 37 heavy (non-hydrogen) atoms. The van der Waals surface area contributed by atoms with Crippen LogP contribution < -0.4 is 16.4 Å². The van der Waals surface area contributed by atoms with Gasteiger partial charge in [0, 0.05) is 18.5 Å². The topological polar surface area (TPSA) is 151 Å². The first-order valence-electron chi connectivity index (χ1n) is 13.0. The number of hydrogen-bond acceptors (Lipinski definition) is 6. The first-order valence-corrected chi connectivity index (χ1v) is 13.0. The Kier molecular flexibility index (Phi) is 10.8. The van der Waals surface area contributed by atoms with Crippen molar-refractivity contribution >= 4 is 23.8 Å². The van der Waals surface area contributed by atoms with E-state index < -0.39 is 41.6 Å². The number of benzene rings is 1. The molecule has 4 amide bonds. The molecular weight excluding hydrogens is 476 g/mol. The molecule has 1 fully saturated rings. The summed E-state index contributed by atoms with van der Waals surface area (Å²) in [4.78, 5) is 53.1. The van der Waals surface area contributed by atoms with Crippen molar-refractivity contribution in [1.82, 2.24) is 15.5 Å². The smallest absolute Gasteiger partial charge is 0.408 e. The average Bonchev–Trinajstić information content (AvgIpc) is 2.78. The largest absolute Gasteiger partial charge is 0.508 e. The van der Waals surface area contributed by atoms with E-state index >= 15 is 0 Å². The lowest BCUT2D eigenvalue weighted by Gasteiger charge is -2.38. The summed E-state index contributed by atoms with van der Waals surface area (Å²) in [6.07, 6.45) is 3.84. The number of alkyl carbamates (subject to hydrolysis) is 1. The summed E-state index contributed by atoms with van der Waals surface area (Å²) in [5.74, 6) is -1.60. The van der Waals surface area contributed by atoms with Gasteiger partial charge in [-0.05, 0) is 71.6 Å². The zero-order valence-electron chi connectivity index (χ0n) is 22.6. The fourth-order valence-electron chi connectivity index (χ4n) is 4.51. The van der Waals surface area contributed by atoms with Gasteiger partial charge in [-0.3, -0.25) is 14.4 Å². The number of carbonyl (C=O) groups is 4. The van der Waals surface area contributed by atoms with Gasteiger partial charge in [0.25, 0.3) is 0 Å². The van der Waals surface area contributed by atoms with Crippen LogP contribution >= 0.6 is 0 Å². The molecule has 0 spiro atoms. The molecule has 0 bridgehead atoms. The highest BCUT2D eigenvalue weighted by molar-refractivity contribution is 5.92. The van der Waals surface area contributed by atoms with Crippen LogP contribution in [0.1, 0.15) is 91.2 Å². The van der Waals surface area contributed by atoms with Crippen LogP contribution in [-0.4, -0.2) is 57.5 Å². The Morgan fingerprint density at radius 2 is 1.78 bits per heavy atom. The number of ether oxygens (including phenoxy) is 1. The lowest BCUT2D eigenvalue weighted by Crippen LogP contribution is -2.56. The number of phenols is 1. The van der Waals surface area contributed by atoms with Crippen molar-refractivity contribution in [2.24, 2.45) is 5.73 Å². The van der Waals surface area contributed by atoms with E-state index in [0.29, 0.717) is 5.56 Å². The molecule has 10 nitrogen and oxygen atoms in total. The van der Waals surface area contributed by atoms with Crippen LogP contribution in [0.5, 0.6) is 5.75 Å². The maximum Gasteiger partial charge on any atom is 0.408 e. The van der Waals surface area contributed by atoms with Crippen molar-refractivity contribution in [3.63, 3.8) is 0 Å². The summed E-state index contributed by atoms with van der Waals surface area (Å²) in [6.45, 7) is 8.61. The molecule has 2 atom stereocenters. The molecule has 1 aromatic carbocycles. The van der Waals surface area contributed by atoms with Crippen LogP contribution in [0.4, 0.5) is 4.79 Å². The Morgan fingerprint density at radius 3 is 2.32 bits per heavy atom. The second kappa shape index (κ2) is 13.3. The summed E-state index contributed by atoms with van der Waals surface area (Å²) >= 11 is 0. The average molecular weight is 519 g/mol. The Labute approximate surface area is 219 Å². The maximum absolute atomic E-state index is 14.0. The predicted molar refractivity (Wildman–Crippen MR) is 139 cm³/mol. The summed E-state index contributed by atoms with van der Waals surface area (Å²) in [6, 6.07) is 3.52. The number of nitrogens with one attached hydrogen (secondary N) is 2. The van der Waals surface area contributed by atoms with E-state index in [1.807, 2.05) is 0 Å². The molecule has 1 aromatic rings. The van der Waals surface area contributed by atoms with Gasteiger partial charge in [-0.2, -0.15) is 0 Å². The first-order chi connectivity index (χ1) is 17.3. The van der Waals surface area contributed by atoms with Crippen molar-refractivity contribution in [2.75, 3.05) is 0 Å². The Morgan fingerprint density at radius 1 is 1.14 bits per heavy atom. The second-order valence-electron chi connectivity index (χ2n) is 10.9. The monoisotopic (exact) mass is 518 g/mol. The first kappa shape index (κ1) is 29.9. The molecule has 5 N–H and O–H groups in total. The van der Waals surface area contributed by atoms with Crippen LogP contribution in [0.15, 0.2) is 24.3 Å². The van der Waals surface area contributed by atoms with Gasteiger partial charge in [0.2, 0.25) is 17.7 Å². The third-order valence-electron chi connectivity index (χ3n) is 6.14. The second-order valence-corrected chi connectivity index (χ2v) is 10.9. The van der Waals surface area contributed by atoms with Crippen LogP contribution in [0.2, 0.25) is 0 Å². The molecule has 1 aliphatic rings. The highest BCUT2D eigenvalue weighted by Gasteiger charge is 2.38. The molecule has 0 radical (unpaired) electrons.